The van der Waals surface area contributed by atoms with Crippen LogP contribution in [0, 0.1) is 57.3 Å². The van der Waals surface area contributed by atoms with E-state index >= 15 is 0 Å². The van der Waals surface area contributed by atoms with Gasteiger partial charge in [-0.2, -0.15) is 10.5 Å². The van der Waals surface area contributed by atoms with Gasteiger partial charge in [-0.15, -0.1) is 0 Å². The van der Waals surface area contributed by atoms with Crippen molar-refractivity contribution in [2.24, 2.45) is 0 Å². The van der Waals surface area contributed by atoms with E-state index in [2.05, 4.69) is 63.5 Å². The molecule has 1 aliphatic heterocycles. The van der Waals surface area contributed by atoms with E-state index in [1.54, 1.807) is 6.07 Å². The summed E-state index contributed by atoms with van der Waals surface area (Å²) < 4.78 is 0. The molecule has 1 aliphatic rings. The molecule has 132 valence electrons. The number of rotatable bonds is 1. The largest absolute Gasteiger partial charge is 0.351 e. The lowest BCUT2D eigenvalue weighted by Gasteiger charge is -2.32. The molecule has 2 aromatic rings. The van der Waals surface area contributed by atoms with Crippen LogP contribution in [0.25, 0.3) is 0 Å². The van der Waals surface area contributed by atoms with Crippen molar-refractivity contribution in [2.75, 3.05) is 16.8 Å². The van der Waals surface area contributed by atoms with Gasteiger partial charge in [0.15, 0.2) is 0 Å². The summed E-state index contributed by atoms with van der Waals surface area (Å²) >= 11 is 0. The zero-order valence-electron chi connectivity index (χ0n) is 16.5. The van der Waals surface area contributed by atoms with E-state index in [1.807, 2.05) is 13.1 Å². The third-order valence-corrected chi connectivity index (χ3v) is 6.14. The normalized spacial score (nSPS) is 15.7. The SMILES string of the molecule is Cc1c(C)c(C)c(N2c3ccc(C#N)c(C#N)c3N(C)[C@@H]2C)c(C)c1C. The topological polar surface area (TPSA) is 54.1 Å². The summed E-state index contributed by atoms with van der Waals surface area (Å²) in [6.45, 7) is 13.0. The molecule has 0 radical (unpaired) electrons. The van der Waals surface area contributed by atoms with E-state index in [-0.39, 0.29) is 6.17 Å². The molecule has 0 saturated heterocycles. The molecule has 4 nitrogen and oxygen atoms in total. The Labute approximate surface area is 155 Å². The average molecular weight is 344 g/mol. The highest BCUT2D eigenvalue weighted by Gasteiger charge is 2.36. The molecular formula is C22H24N4. The predicted octanol–water partition coefficient (Wildman–Crippen LogP) is 4.91. The van der Waals surface area contributed by atoms with Crippen LogP contribution in [0.2, 0.25) is 0 Å². The zero-order chi connectivity index (χ0) is 19.3. The number of nitriles is 2. The van der Waals surface area contributed by atoms with E-state index < -0.39 is 0 Å². The van der Waals surface area contributed by atoms with Crippen LogP contribution in [0.15, 0.2) is 12.1 Å². The highest BCUT2D eigenvalue weighted by Crippen LogP contribution is 2.48. The van der Waals surface area contributed by atoms with Gasteiger partial charge < -0.3 is 9.80 Å². The maximum absolute atomic E-state index is 9.66. The molecule has 4 heteroatoms. The van der Waals surface area contributed by atoms with Crippen LogP contribution in [-0.2, 0) is 0 Å². The van der Waals surface area contributed by atoms with Crippen LogP contribution < -0.4 is 9.80 Å². The Morgan fingerprint density at radius 2 is 1.35 bits per heavy atom. The second-order valence-corrected chi connectivity index (χ2v) is 7.17. The molecule has 0 spiro atoms. The number of hydrogen-bond donors (Lipinski definition) is 0. The van der Waals surface area contributed by atoms with E-state index in [0.29, 0.717) is 11.1 Å². The van der Waals surface area contributed by atoms with E-state index in [1.165, 1.54) is 33.5 Å². The first kappa shape index (κ1) is 17.8. The van der Waals surface area contributed by atoms with Gasteiger partial charge in [0.05, 0.1) is 22.5 Å². The maximum atomic E-state index is 9.66. The molecule has 0 bridgehead atoms. The highest BCUT2D eigenvalue weighted by molar-refractivity contribution is 5.90. The maximum Gasteiger partial charge on any atom is 0.103 e. The molecule has 1 atom stereocenters. The fourth-order valence-corrected chi connectivity index (χ4v) is 4.05. The van der Waals surface area contributed by atoms with Crippen molar-refractivity contribution in [1.82, 2.24) is 0 Å². The second kappa shape index (κ2) is 6.07. The van der Waals surface area contributed by atoms with Crippen molar-refractivity contribution in [3.63, 3.8) is 0 Å². The monoisotopic (exact) mass is 344 g/mol. The zero-order valence-corrected chi connectivity index (χ0v) is 16.5. The van der Waals surface area contributed by atoms with Crippen LogP contribution in [0.3, 0.4) is 0 Å². The smallest absolute Gasteiger partial charge is 0.103 e. The first-order valence-corrected chi connectivity index (χ1v) is 8.82. The Kier molecular flexibility index (Phi) is 4.17. The lowest BCUT2D eigenvalue weighted by molar-refractivity contribution is 0.729. The van der Waals surface area contributed by atoms with E-state index in [4.69, 9.17) is 0 Å². The van der Waals surface area contributed by atoms with Gasteiger partial charge in [-0.1, -0.05) is 0 Å². The fourth-order valence-electron chi connectivity index (χ4n) is 4.05. The summed E-state index contributed by atoms with van der Waals surface area (Å²) in [4.78, 5) is 4.40. The Morgan fingerprint density at radius 1 is 0.808 bits per heavy atom. The number of benzene rings is 2. The molecule has 0 N–H and O–H groups in total. The highest BCUT2D eigenvalue weighted by atomic mass is 15.4. The standard InChI is InChI=1S/C22H24N4/c1-12-13(2)15(4)21(16(5)14(12)3)26-17(6)25(7)22-19(11-24)18(10-23)8-9-20(22)26/h8-9,17H,1-7H3/t17-/m0/s1. The van der Waals surface area contributed by atoms with Gasteiger partial charge in [0.25, 0.3) is 0 Å². The molecule has 0 amide bonds. The first-order valence-electron chi connectivity index (χ1n) is 8.82. The Morgan fingerprint density at radius 3 is 1.85 bits per heavy atom. The average Bonchev–Trinajstić information content (AvgIpc) is 2.89. The summed E-state index contributed by atoms with van der Waals surface area (Å²) in [5.74, 6) is 0. The van der Waals surface area contributed by atoms with Crippen molar-refractivity contribution in [3.8, 4) is 12.1 Å². The minimum atomic E-state index is 0.0601. The van der Waals surface area contributed by atoms with Gasteiger partial charge in [-0.25, -0.2) is 0 Å². The summed E-state index contributed by atoms with van der Waals surface area (Å²) in [7, 11) is 1.99. The summed E-state index contributed by atoms with van der Waals surface area (Å²) in [6.07, 6.45) is 0.0601. The van der Waals surface area contributed by atoms with Gasteiger partial charge in [0.2, 0.25) is 0 Å². The third kappa shape index (κ3) is 2.19. The Balaban J connectivity index is 2.36. The predicted molar refractivity (Wildman–Crippen MR) is 106 cm³/mol. The minimum Gasteiger partial charge on any atom is -0.351 e. The van der Waals surface area contributed by atoms with Crippen LogP contribution in [0.5, 0.6) is 0 Å². The van der Waals surface area contributed by atoms with Crippen LogP contribution in [0.4, 0.5) is 17.1 Å². The van der Waals surface area contributed by atoms with Crippen molar-refractivity contribution in [2.45, 2.75) is 47.7 Å². The van der Waals surface area contributed by atoms with Gasteiger partial charge in [0, 0.05) is 12.7 Å². The molecule has 0 saturated carbocycles. The van der Waals surface area contributed by atoms with Crippen LogP contribution in [0.1, 0.15) is 45.9 Å². The molecule has 26 heavy (non-hydrogen) atoms. The second-order valence-electron chi connectivity index (χ2n) is 7.17. The Hall–Kier alpha value is -2.98. The van der Waals surface area contributed by atoms with Crippen LogP contribution in [-0.4, -0.2) is 13.2 Å². The lowest BCUT2D eigenvalue weighted by Crippen LogP contribution is -2.36. The Bertz CT molecular complexity index is 976. The quantitative estimate of drug-likeness (QED) is 0.738. The van der Waals surface area contributed by atoms with Gasteiger partial charge in [-0.05, 0) is 81.5 Å². The van der Waals surface area contributed by atoms with Gasteiger partial charge in [-0.3, -0.25) is 0 Å². The summed E-state index contributed by atoms with van der Waals surface area (Å²) in [6, 6.07) is 8.12. The van der Waals surface area contributed by atoms with Crippen molar-refractivity contribution in [3.05, 3.63) is 51.1 Å². The molecule has 0 aromatic heterocycles. The third-order valence-electron chi connectivity index (χ3n) is 6.14. The minimum absolute atomic E-state index is 0.0601. The number of nitrogens with zero attached hydrogens (tertiary/aromatic N) is 4. The summed E-state index contributed by atoms with van der Waals surface area (Å²) in [5, 5.41) is 19.0. The number of hydrogen-bond acceptors (Lipinski definition) is 4. The molecule has 2 aromatic carbocycles. The van der Waals surface area contributed by atoms with Crippen molar-refractivity contribution in [1.29, 1.82) is 10.5 Å². The van der Waals surface area contributed by atoms with Gasteiger partial charge in [0.1, 0.15) is 18.3 Å². The van der Waals surface area contributed by atoms with E-state index in [9.17, 15) is 10.5 Å². The fraction of sp³-hybridized carbons (Fsp3) is 0.364. The molecule has 0 fully saturated rings. The lowest BCUT2D eigenvalue weighted by atomic mass is 9.92. The van der Waals surface area contributed by atoms with Crippen molar-refractivity contribution >= 4 is 17.1 Å². The molecule has 0 aliphatic carbocycles. The molecule has 1 heterocycles. The molecule has 3 rings (SSSR count). The molecular weight excluding hydrogens is 320 g/mol. The number of fused-ring (bicyclic) bond motifs is 1. The van der Waals surface area contributed by atoms with Crippen molar-refractivity contribution < 1.29 is 0 Å². The van der Waals surface area contributed by atoms with Crippen LogP contribution >= 0.6 is 0 Å². The first-order chi connectivity index (χ1) is 12.3. The van der Waals surface area contributed by atoms with Gasteiger partial charge >= 0.3 is 0 Å². The summed E-state index contributed by atoms with van der Waals surface area (Å²) in [5.41, 5.74) is 10.4. The number of anilines is 3. The molecule has 0 unspecified atom stereocenters. The van der Waals surface area contributed by atoms with E-state index in [0.717, 1.165) is 11.4 Å².